The Balaban J connectivity index is 1.63. The lowest BCUT2D eigenvalue weighted by Crippen LogP contribution is -2.70. The van der Waals surface area contributed by atoms with E-state index >= 15 is 0 Å². The number of hydrogen-bond donors (Lipinski definition) is 2. The first kappa shape index (κ1) is 15.7. The van der Waals surface area contributed by atoms with Crippen LogP contribution >= 0.6 is 11.8 Å². The second kappa shape index (κ2) is 5.34. The van der Waals surface area contributed by atoms with E-state index in [1.165, 1.54) is 4.68 Å². The molecular weight excluding hydrogens is 356 g/mol. The number of tetrazole rings is 1. The van der Waals surface area contributed by atoms with Crippen LogP contribution in [0.2, 0.25) is 0 Å². The zero-order chi connectivity index (χ0) is 17.9. The van der Waals surface area contributed by atoms with Gasteiger partial charge in [-0.15, -0.1) is 5.10 Å². The highest BCUT2D eigenvalue weighted by Gasteiger charge is 2.65. The van der Waals surface area contributed by atoms with Gasteiger partial charge in [-0.2, -0.15) is 0 Å². The van der Waals surface area contributed by atoms with Crippen LogP contribution in [0.3, 0.4) is 0 Å². The van der Waals surface area contributed by atoms with Gasteiger partial charge in [-0.3, -0.25) is 14.6 Å². The summed E-state index contributed by atoms with van der Waals surface area (Å²) in [6, 6.07) is -1.48. The number of aromatic nitrogens is 4. The van der Waals surface area contributed by atoms with Gasteiger partial charge in [-0.05, 0) is 10.4 Å². The van der Waals surface area contributed by atoms with Crippen molar-refractivity contribution in [3.05, 3.63) is 11.5 Å². The third-order valence-corrected chi connectivity index (χ3v) is 5.38. The highest BCUT2D eigenvalue weighted by Crippen LogP contribution is 2.44. The van der Waals surface area contributed by atoms with Crippen molar-refractivity contribution in [1.82, 2.24) is 30.0 Å². The van der Waals surface area contributed by atoms with Crippen molar-refractivity contribution in [2.45, 2.75) is 23.3 Å². The lowest BCUT2D eigenvalue weighted by molar-refractivity contribution is -0.160. The minimum Gasteiger partial charge on any atom is -0.487 e. The summed E-state index contributed by atoms with van der Waals surface area (Å²) < 4.78 is 7.17. The topological polar surface area (TPSA) is 151 Å². The van der Waals surface area contributed by atoms with Crippen molar-refractivity contribution >= 4 is 29.7 Å². The largest absolute Gasteiger partial charge is 0.487 e. The van der Waals surface area contributed by atoms with Crippen molar-refractivity contribution < 1.29 is 29.3 Å². The van der Waals surface area contributed by atoms with Crippen LogP contribution in [0.15, 0.2) is 16.6 Å². The Morgan fingerprint density at radius 3 is 2.76 bits per heavy atom. The van der Waals surface area contributed by atoms with E-state index in [0.717, 1.165) is 21.6 Å². The standard InChI is InChI=1S/C12H12N6O6S/c1-16-11(13-14-15-16)25-3-5-7(10(20)21)18-6-4(24-5)2-17(12(22)23)8(6)9(18)19/h4,6,8H,2-3H2,1H3,(H,20,21)(H,22,23)/t4-,6-,8+/m1/s1. The summed E-state index contributed by atoms with van der Waals surface area (Å²) in [6.07, 6.45) is -1.82. The van der Waals surface area contributed by atoms with Gasteiger partial charge in [-0.1, -0.05) is 11.8 Å². The first-order valence-corrected chi connectivity index (χ1v) is 8.19. The fraction of sp³-hybridized carbons (Fsp3) is 0.500. The van der Waals surface area contributed by atoms with Crippen LogP contribution < -0.4 is 0 Å². The molecule has 0 spiro atoms. The monoisotopic (exact) mass is 368 g/mol. The number of aryl methyl sites for hydroxylation is 1. The van der Waals surface area contributed by atoms with Crippen LogP contribution in [0, 0.1) is 0 Å². The number of thioether (sulfide) groups is 1. The van der Waals surface area contributed by atoms with E-state index in [1.807, 2.05) is 0 Å². The van der Waals surface area contributed by atoms with E-state index in [1.54, 1.807) is 7.05 Å². The summed E-state index contributed by atoms with van der Waals surface area (Å²) in [6.45, 7) is 0.0134. The van der Waals surface area contributed by atoms with Gasteiger partial charge in [0.05, 0.1) is 12.3 Å². The Morgan fingerprint density at radius 2 is 2.16 bits per heavy atom. The van der Waals surface area contributed by atoms with Gasteiger partial charge < -0.3 is 14.9 Å². The van der Waals surface area contributed by atoms with Gasteiger partial charge >= 0.3 is 12.1 Å². The molecule has 2 amide bonds. The number of ether oxygens (including phenoxy) is 1. The van der Waals surface area contributed by atoms with E-state index in [4.69, 9.17) is 4.74 Å². The second-order valence-electron chi connectivity index (χ2n) is 5.69. The van der Waals surface area contributed by atoms with Gasteiger partial charge in [0.25, 0.3) is 5.91 Å². The van der Waals surface area contributed by atoms with Gasteiger partial charge in [0.1, 0.15) is 23.9 Å². The summed E-state index contributed by atoms with van der Waals surface area (Å²) in [7, 11) is 1.64. The van der Waals surface area contributed by atoms with Crippen molar-refractivity contribution in [2.75, 3.05) is 12.3 Å². The zero-order valence-electron chi connectivity index (χ0n) is 12.8. The molecule has 2 fully saturated rings. The summed E-state index contributed by atoms with van der Waals surface area (Å²) in [5.74, 6) is -1.65. The van der Waals surface area contributed by atoms with Gasteiger partial charge in [0.2, 0.25) is 5.16 Å². The van der Waals surface area contributed by atoms with E-state index in [-0.39, 0.29) is 23.8 Å². The third-order valence-electron chi connectivity index (χ3n) is 4.37. The number of hydrogen-bond acceptors (Lipinski definition) is 8. The Kier molecular flexibility index (Phi) is 3.35. The lowest BCUT2D eigenvalue weighted by Gasteiger charge is -2.48. The molecule has 1 aromatic rings. The first-order chi connectivity index (χ1) is 11.9. The molecular formula is C12H12N6O6S. The Hall–Kier alpha value is -2.83. The molecule has 132 valence electrons. The summed E-state index contributed by atoms with van der Waals surface area (Å²) in [5.41, 5.74) is -0.252. The quantitative estimate of drug-likeness (QED) is 0.478. The van der Waals surface area contributed by atoms with Gasteiger partial charge in [0, 0.05) is 7.05 Å². The van der Waals surface area contributed by atoms with Crippen LogP contribution in [0.25, 0.3) is 0 Å². The van der Waals surface area contributed by atoms with Crippen LogP contribution in [0.1, 0.15) is 0 Å². The van der Waals surface area contributed by atoms with Crippen molar-refractivity contribution in [2.24, 2.45) is 7.05 Å². The molecule has 3 aliphatic heterocycles. The average molecular weight is 368 g/mol. The molecule has 0 radical (unpaired) electrons. The fourth-order valence-electron chi connectivity index (χ4n) is 3.33. The molecule has 2 saturated heterocycles. The predicted molar refractivity (Wildman–Crippen MR) is 78.2 cm³/mol. The Bertz CT molecular complexity index is 823. The minimum absolute atomic E-state index is 0.0134. The molecule has 0 aromatic carbocycles. The number of aliphatic carboxylic acids is 1. The minimum atomic E-state index is -1.30. The molecule has 25 heavy (non-hydrogen) atoms. The highest BCUT2D eigenvalue weighted by atomic mass is 32.2. The molecule has 2 N–H and O–H groups in total. The van der Waals surface area contributed by atoms with Crippen molar-refractivity contribution in [1.29, 1.82) is 0 Å². The normalized spacial score (nSPS) is 27.1. The molecule has 3 aliphatic rings. The Labute approximate surface area is 144 Å². The molecule has 13 heteroatoms. The van der Waals surface area contributed by atoms with E-state index in [2.05, 4.69) is 15.5 Å². The number of β-lactam (4-membered cyclic amide) rings is 1. The van der Waals surface area contributed by atoms with E-state index < -0.39 is 36.2 Å². The number of carboxylic acid groups (broad SMARTS) is 2. The molecule has 4 rings (SSSR count). The molecule has 0 unspecified atom stereocenters. The number of amides is 2. The molecule has 1 aromatic heterocycles. The third kappa shape index (κ3) is 2.15. The molecule has 12 nitrogen and oxygen atoms in total. The molecule has 0 aliphatic carbocycles. The zero-order valence-corrected chi connectivity index (χ0v) is 13.6. The predicted octanol–water partition coefficient (Wildman–Crippen LogP) is -1.43. The molecule has 3 atom stereocenters. The van der Waals surface area contributed by atoms with Crippen LogP contribution in [0.4, 0.5) is 4.79 Å². The average Bonchev–Trinajstić information content (AvgIpc) is 3.12. The smallest absolute Gasteiger partial charge is 0.408 e. The van der Waals surface area contributed by atoms with Gasteiger partial charge in [0.15, 0.2) is 5.70 Å². The van der Waals surface area contributed by atoms with Crippen LogP contribution in [-0.4, -0.2) is 88.7 Å². The number of likely N-dealkylation sites (tertiary alicyclic amines) is 1. The van der Waals surface area contributed by atoms with Crippen LogP contribution in [0.5, 0.6) is 0 Å². The number of rotatable bonds is 4. The first-order valence-electron chi connectivity index (χ1n) is 7.21. The lowest BCUT2D eigenvalue weighted by atomic mass is 9.91. The summed E-state index contributed by atoms with van der Waals surface area (Å²) in [4.78, 5) is 37.4. The molecule has 4 heterocycles. The van der Waals surface area contributed by atoms with Crippen molar-refractivity contribution in [3.63, 3.8) is 0 Å². The fourth-order valence-corrected chi connectivity index (χ4v) is 4.11. The second-order valence-corrected chi connectivity index (χ2v) is 6.63. The maximum Gasteiger partial charge on any atom is 0.408 e. The maximum atomic E-state index is 12.3. The highest BCUT2D eigenvalue weighted by molar-refractivity contribution is 7.99. The number of nitrogens with zero attached hydrogens (tertiary/aromatic N) is 6. The SMILES string of the molecule is Cn1nnnc1SCC1=C(C(=O)O)N2C(=O)[C@@H]3[C@H]2[C@@H](CN3C(=O)O)O1. The van der Waals surface area contributed by atoms with Crippen LogP contribution in [-0.2, 0) is 21.4 Å². The van der Waals surface area contributed by atoms with Crippen molar-refractivity contribution in [3.8, 4) is 0 Å². The molecule has 0 bridgehead atoms. The summed E-state index contributed by atoms with van der Waals surface area (Å²) in [5, 5.41) is 30.1. The van der Waals surface area contributed by atoms with Gasteiger partial charge in [-0.25, -0.2) is 14.3 Å². The number of carbonyl (C=O) groups is 3. The Morgan fingerprint density at radius 1 is 1.40 bits per heavy atom. The van der Waals surface area contributed by atoms with E-state index in [0.29, 0.717) is 5.16 Å². The maximum absolute atomic E-state index is 12.3. The molecule has 0 saturated carbocycles. The number of carbonyl (C=O) groups excluding carboxylic acids is 1. The van der Waals surface area contributed by atoms with E-state index in [9.17, 15) is 24.6 Å². The number of carboxylic acids is 1. The summed E-state index contributed by atoms with van der Waals surface area (Å²) >= 11 is 1.16.